The van der Waals surface area contributed by atoms with E-state index >= 15 is 0 Å². The predicted octanol–water partition coefficient (Wildman–Crippen LogP) is 2.10. The number of hydrogen-bond donors (Lipinski definition) is 0. The SMILES string of the molecule is O=S(=O)(c1cccc(F)c1)c1cc(Cl)ncn1. The van der Waals surface area contributed by atoms with Crippen LogP contribution < -0.4 is 0 Å². The Kier molecular flexibility index (Phi) is 3.08. The van der Waals surface area contributed by atoms with Crippen molar-refractivity contribution in [1.82, 2.24) is 9.97 Å². The van der Waals surface area contributed by atoms with Crippen molar-refractivity contribution in [1.29, 1.82) is 0 Å². The van der Waals surface area contributed by atoms with Gasteiger partial charge in [-0.25, -0.2) is 22.8 Å². The molecule has 0 aliphatic carbocycles. The molecule has 1 aromatic heterocycles. The van der Waals surface area contributed by atoms with Crippen molar-refractivity contribution in [3.05, 3.63) is 47.6 Å². The number of benzene rings is 1. The van der Waals surface area contributed by atoms with E-state index in [0.29, 0.717) is 0 Å². The molecule has 2 aromatic rings. The lowest BCUT2D eigenvalue weighted by molar-refractivity contribution is 0.587. The van der Waals surface area contributed by atoms with Gasteiger partial charge in [0, 0.05) is 6.07 Å². The largest absolute Gasteiger partial charge is 0.225 e. The number of sulfone groups is 1. The van der Waals surface area contributed by atoms with Crippen molar-refractivity contribution in [3.63, 3.8) is 0 Å². The zero-order chi connectivity index (χ0) is 12.5. The van der Waals surface area contributed by atoms with E-state index in [1.165, 1.54) is 12.1 Å². The molecule has 1 heterocycles. The van der Waals surface area contributed by atoms with Crippen LogP contribution in [0.3, 0.4) is 0 Å². The third-order valence-corrected chi connectivity index (χ3v) is 3.85. The Hall–Kier alpha value is -1.53. The summed E-state index contributed by atoms with van der Waals surface area (Å²) in [5.74, 6) is -0.633. The molecule has 0 saturated heterocycles. The molecule has 7 heteroatoms. The molecule has 0 aliphatic heterocycles. The lowest BCUT2D eigenvalue weighted by Crippen LogP contribution is -2.05. The average Bonchev–Trinajstić information content (AvgIpc) is 2.29. The second-order valence-corrected chi connectivity index (χ2v) is 5.42. The molecule has 1 aromatic carbocycles. The highest BCUT2D eigenvalue weighted by Crippen LogP contribution is 2.20. The predicted molar refractivity (Wildman–Crippen MR) is 58.9 cm³/mol. The highest BCUT2D eigenvalue weighted by atomic mass is 35.5. The zero-order valence-corrected chi connectivity index (χ0v) is 9.91. The first kappa shape index (κ1) is 11.9. The van der Waals surface area contributed by atoms with Crippen LogP contribution in [0.25, 0.3) is 0 Å². The number of nitrogens with zero attached hydrogens (tertiary/aromatic N) is 2. The molecule has 0 atom stereocenters. The van der Waals surface area contributed by atoms with Gasteiger partial charge in [0.15, 0.2) is 5.03 Å². The smallest absolute Gasteiger partial charge is 0.224 e. The summed E-state index contributed by atoms with van der Waals surface area (Å²) in [6.45, 7) is 0. The monoisotopic (exact) mass is 272 g/mol. The molecular weight excluding hydrogens is 267 g/mol. The molecule has 0 saturated carbocycles. The van der Waals surface area contributed by atoms with Crippen LogP contribution in [0, 0.1) is 5.82 Å². The first-order valence-electron chi connectivity index (χ1n) is 4.48. The van der Waals surface area contributed by atoms with Crippen LogP contribution in [0.1, 0.15) is 0 Å². The van der Waals surface area contributed by atoms with E-state index < -0.39 is 15.7 Å². The van der Waals surface area contributed by atoms with Gasteiger partial charge in [-0.05, 0) is 18.2 Å². The van der Waals surface area contributed by atoms with Gasteiger partial charge in [-0.15, -0.1) is 0 Å². The minimum Gasteiger partial charge on any atom is -0.225 e. The number of aromatic nitrogens is 2. The van der Waals surface area contributed by atoms with Gasteiger partial charge in [-0.3, -0.25) is 0 Å². The van der Waals surface area contributed by atoms with Gasteiger partial charge in [-0.2, -0.15) is 0 Å². The molecule has 0 bridgehead atoms. The summed E-state index contributed by atoms with van der Waals surface area (Å²) in [5.41, 5.74) is 0. The summed E-state index contributed by atoms with van der Waals surface area (Å²) >= 11 is 5.58. The van der Waals surface area contributed by atoms with Crippen LogP contribution >= 0.6 is 11.6 Å². The summed E-state index contributed by atoms with van der Waals surface area (Å²) in [6.07, 6.45) is 1.04. The molecule has 2 rings (SSSR count). The van der Waals surface area contributed by atoms with E-state index in [0.717, 1.165) is 24.5 Å². The van der Waals surface area contributed by atoms with E-state index in [9.17, 15) is 12.8 Å². The van der Waals surface area contributed by atoms with Gasteiger partial charge in [0.2, 0.25) is 9.84 Å². The molecule has 0 aliphatic rings. The first-order valence-corrected chi connectivity index (χ1v) is 6.34. The van der Waals surface area contributed by atoms with Gasteiger partial charge in [0.25, 0.3) is 0 Å². The Morgan fingerprint density at radius 1 is 1.18 bits per heavy atom. The van der Waals surface area contributed by atoms with Gasteiger partial charge in [0.1, 0.15) is 17.3 Å². The second kappa shape index (κ2) is 4.38. The molecule has 4 nitrogen and oxygen atoms in total. The van der Waals surface area contributed by atoms with Crippen molar-refractivity contribution < 1.29 is 12.8 Å². The molecule has 0 radical (unpaired) electrons. The summed E-state index contributed by atoms with van der Waals surface area (Å²) in [5, 5.41) is -0.252. The molecular formula is C10H6ClFN2O2S. The Labute approximate surface area is 102 Å². The summed E-state index contributed by atoms with van der Waals surface area (Å²) in [4.78, 5) is 7.02. The molecule has 88 valence electrons. The fourth-order valence-corrected chi connectivity index (χ4v) is 2.65. The van der Waals surface area contributed by atoms with Crippen LogP contribution in [-0.2, 0) is 9.84 Å². The Morgan fingerprint density at radius 3 is 2.59 bits per heavy atom. The van der Waals surface area contributed by atoms with Crippen molar-refractivity contribution >= 4 is 21.4 Å². The van der Waals surface area contributed by atoms with Crippen LogP contribution in [0.5, 0.6) is 0 Å². The quantitative estimate of drug-likeness (QED) is 0.786. The summed E-state index contributed by atoms with van der Waals surface area (Å²) < 4.78 is 37.0. The van der Waals surface area contributed by atoms with E-state index in [4.69, 9.17) is 11.6 Å². The second-order valence-electron chi connectivity index (χ2n) is 3.14. The highest BCUT2D eigenvalue weighted by Gasteiger charge is 2.20. The third-order valence-electron chi connectivity index (χ3n) is 1.99. The van der Waals surface area contributed by atoms with Crippen LogP contribution in [0.2, 0.25) is 5.15 Å². The van der Waals surface area contributed by atoms with E-state index in [-0.39, 0.29) is 15.1 Å². The average molecular weight is 273 g/mol. The van der Waals surface area contributed by atoms with Gasteiger partial charge in [-0.1, -0.05) is 17.7 Å². The highest BCUT2D eigenvalue weighted by molar-refractivity contribution is 7.91. The van der Waals surface area contributed by atoms with Gasteiger partial charge < -0.3 is 0 Å². The van der Waals surface area contributed by atoms with Crippen LogP contribution in [0.15, 0.2) is 46.6 Å². The fourth-order valence-electron chi connectivity index (χ4n) is 1.22. The van der Waals surface area contributed by atoms with E-state index in [1.54, 1.807) is 0 Å². The molecule has 0 N–H and O–H groups in total. The lowest BCUT2D eigenvalue weighted by Gasteiger charge is -2.03. The van der Waals surface area contributed by atoms with Gasteiger partial charge in [0.05, 0.1) is 4.90 Å². The Balaban J connectivity index is 2.58. The van der Waals surface area contributed by atoms with Crippen LogP contribution in [-0.4, -0.2) is 18.4 Å². The Bertz CT molecular complexity index is 609. The van der Waals surface area contributed by atoms with E-state index in [1.807, 2.05) is 0 Å². The first-order chi connectivity index (χ1) is 8.00. The topological polar surface area (TPSA) is 59.9 Å². The van der Waals surface area contributed by atoms with Crippen molar-refractivity contribution in [3.8, 4) is 0 Å². The maximum atomic E-state index is 13.0. The van der Waals surface area contributed by atoms with Crippen LogP contribution in [0.4, 0.5) is 4.39 Å². The third kappa shape index (κ3) is 2.42. The number of halogens is 2. The normalized spacial score (nSPS) is 11.4. The number of hydrogen-bond acceptors (Lipinski definition) is 4. The number of rotatable bonds is 2. The molecule has 0 spiro atoms. The standard InChI is InChI=1S/C10H6ClFN2O2S/c11-9-5-10(14-6-13-9)17(15,16)8-3-1-2-7(12)4-8/h1-6H. The molecule has 17 heavy (non-hydrogen) atoms. The maximum absolute atomic E-state index is 13.0. The van der Waals surface area contributed by atoms with Crippen molar-refractivity contribution in [2.75, 3.05) is 0 Å². The summed E-state index contributed by atoms with van der Waals surface area (Å²) in [7, 11) is -3.86. The maximum Gasteiger partial charge on any atom is 0.224 e. The minimum atomic E-state index is -3.86. The molecule has 0 unspecified atom stereocenters. The van der Waals surface area contributed by atoms with E-state index in [2.05, 4.69) is 9.97 Å². The molecule has 0 amide bonds. The minimum absolute atomic E-state index is 0.00924. The zero-order valence-electron chi connectivity index (χ0n) is 8.34. The molecule has 0 fully saturated rings. The van der Waals surface area contributed by atoms with Gasteiger partial charge >= 0.3 is 0 Å². The van der Waals surface area contributed by atoms with Crippen molar-refractivity contribution in [2.24, 2.45) is 0 Å². The van der Waals surface area contributed by atoms with Crippen molar-refractivity contribution in [2.45, 2.75) is 9.92 Å². The fraction of sp³-hybridized carbons (Fsp3) is 0. The Morgan fingerprint density at radius 2 is 1.94 bits per heavy atom. The summed E-state index contributed by atoms with van der Waals surface area (Å²) in [6, 6.07) is 5.79. The lowest BCUT2D eigenvalue weighted by atomic mass is 10.4.